The normalized spacial score (nSPS) is 10.6. The lowest BCUT2D eigenvalue weighted by atomic mass is 10.3. The van der Waals surface area contributed by atoms with Crippen LogP contribution in [0.25, 0.3) is 0 Å². The fourth-order valence-electron chi connectivity index (χ4n) is 1.68. The van der Waals surface area contributed by atoms with E-state index in [9.17, 15) is 4.79 Å². The number of rotatable bonds is 5. The SMILES string of the molecule is CC(C)n1nccc1NC(=O)COc1ccc(Cl)cc1. The molecule has 20 heavy (non-hydrogen) atoms. The van der Waals surface area contributed by atoms with Gasteiger partial charge in [-0.25, -0.2) is 4.68 Å². The van der Waals surface area contributed by atoms with Crippen LogP contribution in [0, 0.1) is 0 Å². The summed E-state index contributed by atoms with van der Waals surface area (Å²) < 4.78 is 7.11. The molecule has 2 aromatic rings. The van der Waals surface area contributed by atoms with E-state index in [0.717, 1.165) is 0 Å². The van der Waals surface area contributed by atoms with E-state index in [-0.39, 0.29) is 18.6 Å². The summed E-state index contributed by atoms with van der Waals surface area (Å²) in [6.07, 6.45) is 1.65. The Balaban J connectivity index is 1.89. The zero-order chi connectivity index (χ0) is 14.5. The summed E-state index contributed by atoms with van der Waals surface area (Å²) in [6, 6.07) is 8.78. The Hall–Kier alpha value is -2.01. The number of hydrogen-bond donors (Lipinski definition) is 1. The molecule has 0 spiro atoms. The first kappa shape index (κ1) is 14.4. The predicted molar refractivity (Wildman–Crippen MR) is 78.2 cm³/mol. The van der Waals surface area contributed by atoms with E-state index in [0.29, 0.717) is 16.6 Å². The Bertz CT molecular complexity index is 578. The molecule has 0 bridgehead atoms. The van der Waals surface area contributed by atoms with E-state index in [4.69, 9.17) is 16.3 Å². The van der Waals surface area contributed by atoms with Gasteiger partial charge < -0.3 is 10.1 Å². The highest BCUT2D eigenvalue weighted by atomic mass is 35.5. The highest BCUT2D eigenvalue weighted by Crippen LogP contribution is 2.16. The Labute approximate surface area is 122 Å². The number of benzene rings is 1. The number of anilines is 1. The number of amides is 1. The second-order valence-electron chi connectivity index (χ2n) is 4.55. The molecule has 0 radical (unpaired) electrons. The van der Waals surface area contributed by atoms with Gasteiger partial charge in [0, 0.05) is 17.1 Å². The molecule has 2 rings (SSSR count). The van der Waals surface area contributed by atoms with Gasteiger partial charge in [0.15, 0.2) is 6.61 Å². The highest BCUT2D eigenvalue weighted by Gasteiger charge is 2.09. The molecule has 5 nitrogen and oxygen atoms in total. The molecule has 1 amide bonds. The van der Waals surface area contributed by atoms with Crippen LogP contribution in [0.4, 0.5) is 5.82 Å². The van der Waals surface area contributed by atoms with Gasteiger partial charge in [-0.2, -0.15) is 5.10 Å². The molecule has 0 aliphatic heterocycles. The molecular weight excluding hydrogens is 278 g/mol. The lowest BCUT2D eigenvalue weighted by Crippen LogP contribution is -2.22. The number of ether oxygens (including phenoxy) is 1. The first-order valence-corrected chi connectivity index (χ1v) is 6.66. The third kappa shape index (κ3) is 3.74. The predicted octanol–water partition coefficient (Wildman–Crippen LogP) is 3.13. The van der Waals surface area contributed by atoms with Gasteiger partial charge in [0.05, 0.1) is 6.20 Å². The first-order chi connectivity index (χ1) is 9.56. The summed E-state index contributed by atoms with van der Waals surface area (Å²) in [5, 5.41) is 7.53. The summed E-state index contributed by atoms with van der Waals surface area (Å²) >= 11 is 5.77. The number of hydrogen-bond acceptors (Lipinski definition) is 3. The molecule has 0 aliphatic rings. The van der Waals surface area contributed by atoms with Crippen LogP contribution in [-0.2, 0) is 4.79 Å². The van der Waals surface area contributed by atoms with Crippen molar-refractivity contribution in [1.82, 2.24) is 9.78 Å². The summed E-state index contributed by atoms with van der Waals surface area (Å²) in [5.41, 5.74) is 0. The van der Waals surface area contributed by atoms with Crippen LogP contribution in [0.5, 0.6) is 5.75 Å². The van der Waals surface area contributed by atoms with E-state index in [2.05, 4.69) is 10.4 Å². The van der Waals surface area contributed by atoms with Gasteiger partial charge in [-0.3, -0.25) is 4.79 Å². The van der Waals surface area contributed by atoms with Crippen LogP contribution in [0.2, 0.25) is 5.02 Å². The third-order valence-corrected chi connectivity index (χ3v) is 2.86. The van der Waals surface area contributed by atoms with Gasteiger partial charge in [-0.05, 0) is 38.1 Å². The second-order valence-corrected chi connectivity index (χ2v) is 4.98. The van der Waals surface area contributed by atoms with Gasteiger partial charge in [0.2, 0.25) is 0 Å². The van der Waals surface area contributed by atoms with E-state index in [1.807, 2.05) is 13.8 Å². The number of halogens is 1. The molecule has 0 saturated heterocycles. The first-order valence-electron chi connectivity index (χ1n) is 6.28. The number of nitrogens with one attached hydrogen (secondary N) is 1. The molecule has 6 heteroatoms. The van der Waals surface area contributed by atoms with Crippen molar-refractivity contribution in [1.29, 1.82) is 0 Å². The van der Waals surface area contributed by atoms with Gasteiger partial charge in [-0.15, -0.1) is 0 Å². The Morgan fingerprint density at radius 1 is 1.35 bits per heavy atom. The summed E-state index contributed by atoms with van der Waals surface area (Å²) in [5.74, 6) is 1.02. The standard InChI is InChI=1S/C14H16ClN3O2/c1-10(2)18-13(7-8-16-18)17-14(19)9-20-12-5-3-11(15)4-6-12/h3-8,10H,9H2,1-2H3,(H,17,19). The molecule has 0 fully saturated rings. The van der Waals surface area contributed by atoms with Crippen molar-refractivity contribution in [2.24, 2.45) is 0 Å². The minimum atomic E-state index is -0.234. The second kappa shape index (κ2) is 6.43. The maximum atomic E-state index is 11.8. The van der Waals surface area contributed by atoms with E-state index >= 15 is 0 Å². The van der Waals surface area contributed by atoms with Crippen LogP contribution in [0.3, 0.4) is 0 Å². The average Bonchev–Trinajstić information content (AvgIpc) is 2.86. The Kier molecular flexibility index (Phi) is 4.63. The lowest BCUT2D eigenvalue weighted by molar-refractivity contribution is -0.118. The Morgan fingerprint density at radius 3 is 2.70 bits per heavy atom. The smallest absolute Gasteiger partial charge is 0.263 e. The van der Waals surface area contributed by atoms with Gasteiger partial charge in [-0.1, -0.05) is 11.6 Å². The minimum Gasteiger partial charge on any atom is -0.484 e. The van der Waals surface area contributed by atoms with Crippen LogP contribution < -0.4 is 10.1 Å². The van der Waals surface area contributed by atoms with E-state index in [1.54, 1.807) is 41.2 Å². The number of carbonyl (C=O) groups excluding carboxylic acids is 1. The Morgan fingerprint density at radius 2 is 2.05 bits per heavy atom. The average molecular weight is 294 g/mol. The summed E-state index contributed by atoms with van der Waals surface area (Å²) in [6.45, 7) is 3.92. The van der Waals surface area contributed by atoms with Crippen LogP contribution in [0.1, 0.15) is 19.9 Å². The molecule has 0 saturated carbocycles. The quantitative estimate of drug-likeness (QED) is 0.921. The largest absolute Gasteiger partial charge is 0.484 e. The fourth-order valence-corrected chi connectivity index (χ4v) is 1.81. The zero-order valence-electron chi connectivity index (χ0n) is 11.3. The minimum absolute atomic E-state index is 0.0646. The topological polar surface area (TPSA) is 56.2 Å². The molecular formula is C14H16ClN3O2. The molecule has 0 atom stereocenters. The van der Waals surface area contributed by atoms with Crippen LogP contribution in [0.15, 0.2) is 36.5 Å². The van der Waals surface area contributed by atoms with Crippen molar-refractivity contribution in [2.75, 3.05) is 11.9 Å². The van der Waals surface area contributed by atoms with Gasteiger partial charge in [0.1, 0.15) is 11.6 Å². The van der Waals surface area contributed by atoms with Crippen LogP contribution >= 0.6 is 11.6 Å². The molecule has 0 unspecified atom stereocenters. The van der Waals surface area contributed by atoms with Crippen LogP contribution in [-0.4, -0.2) is 22.3 Å². The number of aromatic nitrogens is 2. The summed E-state index contributed by atoms with van der Waals surface area (Å²) in [7, 11) is 0. The maximum absolute atomic E-state index is 11.8. The third-order valence-electron chi connectivity index (χ3n) is 2.61. The monoisotopic (exact) mass is 293 g/mol. The maximum Gasteiger partial charge on any atom is 0.263 e. The molecule has 1 N–H and O–H groups in total. The molecule has 106 valence electrons. The van der Waals surface area contributed by atoms with Crippen molar-refractivity contribution in [3.05, 3.63) is 41.6 Å². The molecule has 1 aromatic heterocycles. The van der Waals surface area contributed by atoms with Crippen molar-refractivity contribution in [3.8, 4) is 5.75 Å². The van der Waals surface area contributed by atoms with Gasteiger partial charge >= 0.3 is 0 Å². The highest BCUT2D eigenvalue weighted by molar-refractivity contribution is 6.30. The summed E-state index contributed by atoms with van der Waals surface area (Å²) in [4.78, 5) is 11.8. The zero-order valence-corrected chi connectivity index (χ0v) is 12.1. The van der Waals surface area contributed by atoms with Crippen molar-refractivity contribution < 1.29 is 9.53 Å². The number of nitrogens with zero attached hydrogens (tertiary/aromatic N) is 2. The van der Waals surface area contributed by atoms with Crippen molar-refractivity contribution >= 4 is 23.3 Å². The van der Waals surface area contributed by atoms with Crippen molar-refractivity contribution in [2.45, 2.75) is 19.9 Å². The van der Waals surface area contributed by atoms with E-state index < -0.39 is 0 Å². The molecule has 1 heterocycles. The fraction of sp³-hybridized carbons (Fsp3) is 0.286. The van der Waals surface area contributed by atoms with Crippen molar-refractivity contribution in [3.63, 3.8) is 0 Å². The lowest BCUT2D eigenvalue weighted by Gasteiger charge is -2.12. The molecule has 0 aliphatic carbocycles. The van der Waals surface area contributed by atoms with Gasteiger partial charge in [0.25, 0.3) is 5.91 Å². The number of carbonyl (C=O) groups is 1. The van der Waals surface area contributed by atoms with E-state index in [1.165, 1.54) is 0 Å². The molecule has 1 aromatic carbocycles.